The standard InChI is InChI=1S/C14H15N3O2S/c1-9-8-11(13(18)19-9)20-14-16-15-12(17(14)2)10-6-4-3-5-7-10/h3-7,9,11H,8H2,1-2H3/t9-,11-/m0/s1. The lowest BCUT2D eigenvalue weighted by Gasteiger charge is -2.05. The molecule has 0 bridgehead atoms. The first kappa shape index (κ1) is 13.2. The molecule has 2 atom stereocenters. The van der Waals surface area contributed by atoms with Gasteiger partial charge in [0.2, 0.25) is 0 Å². The van der Waals surface area contributed by atoms with E-state index in [1.165, 1.54) is 11.8 Å². The summed E-state index contributed by atoms with van der Waals surface area (Å²) in [5, 5.41) is 8.95. The van der Waals surface area contributed by atoms with Crippen LogP contribution >= 0.6 is 11.8 Å². The molecule has 1 saturated heterocycles. The average molecular weight is 289 g/mol. The molecule has 1 aromatic heterocycles. The van der Waals surface area contributed by atoms with Crippen molar-refractivity contribution in [2.75, 3.05) is 0 Å². The van der Waals surface area contributed by atoms with Crippen molar-refractivity contribution in [3.8, 4) is 11.4 Å². The van der Waals surface area contributed by atoms with Gasteiger partial charge in [-0.2, -0.15) is 0 Å². The van der Waals surface area contributed by atoms with Gasteiger partial charge in [-0.05, 0) is 6.92 Å². The number of carbonyl (C=O) groups is 1. The summed E-state index contributed by atoms with van der Waals surface area (Å²) in [5.74, 6) is 0.638. The largest absolute Gasteiger partial charge is 0.462 e. The second-order valence-electron chi connectivity index (χ2n) is 4.82. The van der Waals surface area contributed by atoms with Gasteiger partial charge in [-0.3, -0.25) is 4.79 Å². The third-order valence-electron chi connectivity index (χ3n) is 3.24. The van der Waals surface area contributed by atoms with Gasteiger partial charge in [0.1, 0.15) is 11.4 Å². The minimum Gasteiger partial charge on any atom is -0.462 e. The van der Waals surface area contributed by atoms with Gasteiger partial charge in [-0.25, -0.2) is 0 Å². The van der Waals surface area contributed by atoms with Gasteiger partial charge in [0.05, 0.1) is 0 Å². The average Bonchev–Trinajstić information content (AvgIpc) is 2.95. The molecule has 5 nitrogen and oxygen atoms in total. The van der Waals surface area contributed by atoms with Crippen LogP contribution in [0.5, 0.6) is 0 Å². The smallest absolute Gasteiger partial charge is 0.319 e. The molecule has 0 saturated carbocycles. The van der Waals surface area contributed by atoms with Crippen molar-refractivity contribution in [2.24, 2.45) is 7.05 Å². The van der Waals surface area contributed by atoms with Crippen LogP contribution in [-0.4, -0.2) is 32.1 Å². The van der Waals surface area contributed by atoms with Crippen molar-refractivity contribution >= 4 is 17.7 Å². The Morgan fingerprint density at radius 1 is 1.30 bits per heavy atom. The fraction of sp³-hybridized carbons (Fsp3) is 0.357. The lowest BCUT2D eigenvalue weighted by molar-refractivity contribution is -0.140. The maximum atomic E-state index is 11.7. The number of benzene rings is 1. The SMILES string of the molecule is C[C@H]1C[C@H](Sc2nnc(-c3ccccc3)n2C)C(=O)O1. The molecule has 104 valence electrons. The summed E-state index contributed by atoms with van der Waals surface area (Å²) in [6.45, 7) is 1.91. The van der Waals surface area contributed by atoms with E-state index in [-0.39, 0.29) is 17.3 Å². The van der Waals surface area contributed by atoms with Crippen LogP contribution in [0.3, 0.4) is 0 Å². The molecule has 0 spiro atoms. The van der Waals surface area contributed by atoms with E-state index in [9.17, 15) is 4.79 Å². The molecule has 1 aliphatic rings. The predicted molar refractivity (Wildman–Crippen MR) is 76.3 cm³/mol. The second-order valence-corrected chi connectivity index (χ2v) is 5.99. The number of carbonyl (C=O) groups excluding carboxylic acids is 1. The van der Waals surface area contributed by atoms with E-state index in [0.717, 1.165) is 23.0 Å². The van der Waals surface area contributed by atoms with Crippen molar-refractivity contribution in [3.63, 3.8) is 0 Å². The summed E-state index contributed by atoms with van der Waals surface area (Å²) < 4.78 is 7.07. The minimum atomic E-state index is -0.184. The van der Waals surface area contributed by atoms with Gasteiger partial charge in [0.15, 0.2) is 11.0 Å². The number of nitrogens with zero attached hydrogens (tertiary/aromatic N) is 3. The highest BCUT2D eigenvalue weighted by Crippen LogP contribution is 2.32. The van der Waals surface area contributed by atoms with Crippen LogP contribution in [-0.2, 0) is 16.6 Å². The zero-order chi connectivity index (χ0) is 14.1. The topological polar surface area (TPSA) is 57.0 Å². The Bertz CT molecular complexity index is 627. The van der Waals surface area contributed by atoms with Gasteiger partial charge in [0, 0.05) is 19.0 Å². The number of rotatable bonds is 3. The molecule has 0 radical (unpaired) electrons. The van der Waals surface area contributed by atoms with E-state index in [2.05, 4.69) is 10.2 Å². The molecule has 1 aliphatic heterocycles. The molecule has 2 heterocycles. The zero-order valence-electron chi connectivity index (χ0n) is 11.3. The third kappa shape index (κ3) is 2.43. The molecule has 0 unspecified atom stereocenters. The van der Waals surface area contributed by atoms with Crippen molar-refractivity contribution < 1.29 is 9.53 Å². The Balaban J connectivity index is 1.83. The fourth-order valence-electron chi connectivity index (χ4n) is 2.20. The molecule has 0 aliphatic carbocycles. The van der Waals surface area contributed by atoms with Crippen LogP contribution in [0.4, 0.5) is 0 Å². The monoisotopic (exact) mass is 289 g/mol. The summed E-state index contributed by atoms with van der Waals surface area (Å²) in [7, 11) is 1.91. The Kier molecular flexibility index (Phi) is 3.48. The maximum Gasteiger partial charge on any atom is 0.319 e. The molecule has 6 heteroatoms. The quantitative estimate of drug-likeness (QED) is 0.811. The van der Waals surface area contributed by atoms with Crippen molar-refractivity contribution in [1.82, 2.24) is 14.8 Å². The lowest BCUT2D eigenvalue weighted by atomic mass is 10.2. The van der Waals surface area contributed by atoms with E-state index < -0.39 is 0 Å². The highest BCUT2D eigenvalue weighted by Gasteiger charge is 2.34. The van der Waals surface area contributed by atoms with E-state index in [0.29, 0.717) is 0 Å². The number of hydrogen-bond donors (Lipinski definition) is 0. The minimum absolute atomic E-state index is 0.0122. The Labute approximate surface area is 121 Å². The molecule has 20 heavy (non-hydrogen) atoms. The number of aromatic nitrogens is 3. The van der Waals surface area contributed by atoms with Crippen LogP contribution in [0.1, 0.15) is 13.3 Å². The van der Waals surface area contributed by atoms with Crippen molar-refractivity contribution in [1.29, 1.82) is 0 Å². The Hall–Kier alpha value is -1.82. The van der Waals surface area contributed by atoms with Gasteiger partial charge in [0.25, 0.3) is 0 Å². The fourth-order valence-corrected chi connectivity index (χ4v) is 3.31. The Morgan fingerprint density at radius 2 is 2.05 bits per heavy atom. The normalized spacial score (nSPS) is 22.0. The summed E-state index contributed by atoms with van der Waals surface area (Å²) >= 11 is 1.42. The molecule has 0 amide bonds. The summed E-state index contributed by atoms with van der Waals surface area (Å²) in [6.07, 6.45) is 0.707. The number of ether oxygens (including phenoxy) is 1. The number of cyclic esters (lactones) is 1. The van der Waals surface area contributed by atoms with Crippen LogP contribution in [0.2, 0.25) is 0 Å². The first-order valence-electron chi connectivity index (χ1n) is 6.47. The number of hydrogen-bond acceptors (Lipinski definition) is 5. The van der Waals surface area contributed by atoms with Gasteiger partial charge in [-0.15, -0.1) is 10.2 Å². The van der Waals surface area contributed by atoms with Gasteiger partial charge < -0.3 is 9.30 Å². The Morgan fingerprint density at radius 3 is 2.70 bits per heavy atom. The molecular formula is C14H15N3O2S. The van der Waals surface area contributed by atoms with E-state index in [4.69, 9.17) is 4.74 Å². The maximum absolute atomic E-state index is 11.7. The lowest BCUT2D eigenvalue weighted by Crippen LogP contribution is -2.10. The molecule has 0 N–H and O–H groups in total. The van der Waals surface area contributed by atoms with Crippen LogP contribution in [0.15, 0.2) is 35.5 Å². The van der Waals surface area contributed by atoms with Crippen LogP contribution in [0, 0.1) is 0 Å². The van der Waals surface area contributed by atoms with E-state index >= 15 is 0 Å². The summed E-state index contributed by atoms with van der Waals surface area (Å²) in [6, 6.07) is 9.87. The molecule has 2 aromatic rings. The van der Waals surface area contributed by atoms with Crippen LogP contribution in [0.25, 0.3) is 11.4 Å². The molecular weight excluding hydrogens is 274 g/mol. The zero-order valence-corrected chi connectivity index (χ0v) is 12.1. The highest BCUT2D eigenvalue weighted by atomic mass is 32.2. The second kappa shape index (κ2) is 5.28. The summed E-state index contributed by atoms with van der Waals surface area (Å²) in [4.78, 5) is 11.7. The van der Waals surface area contributed by atoms with E-state index in [1.54, 1.807) is 0 Å². The van der Waals surface area contributed by atoms with E-state index in [1.807, 2.05) is 48.9 Å². The van der Waals surface area contributed by atoms with Crippen LogP contribution < -0.4 is 0 Å². The first-order chi connectivity index (χ1) is 9.65. The third-order valence-corrected chi connectivity index (χ3v) is 4.48. The number of esters is 1. The molecule has 1 aromatic carbocycles. The van der Waals surface area contributed by atoms with Gasteiger partial charge >= 0.3 is 5.97 Å². The molecule has 3 rings (SSSR count). The first-order valence-corrected chi connectivity index (χ1v) is 7.35. The summed E-state index contributed by atoms with van der Waals surface area (Å²) in [5.41, 5.74) is 1.01. The van der Waals surface area contributed by atoms with Crippen molar-refractivity contribution in [2.45, 2.75) is 29.9 Å². The number of thioether (sulfide) groups is 1. The van der Waals surface area contributed by atoms with Crippen molar-refractivity contribution in [3.05, 3.63) is 30.3 Å². The highest BCUT2D eigenvalue weighted by molar-refractivity contribution is 8.00. The van der Waals surface area contributed by atoms with Gasteiger partial charge in [-0.1, -0.05) is 42.1 Å². The molecule has 1 fully saturated rings. The predicted octanol–water partition coefficient (Wildman–Crippen LogP) is 2.28.